The van der Waals surface area contributed by atoms with Crippen molar-refractivity contribution < 1.29 is 0 Å². The van der Waals surface area contributed by atoms with Crippen LogP contribution in [0.2, 0.25) is 0 Å². The lowest BCUT2D eigenvalue weighted by atomic mass is 9.98. The van der Waals surface area contributed by atoms with Crippen LogP contribution >= 0.6 is 11.6 Å². The zero-order valence-corrected chi connectivity index (χ0v) is 16.0. The summed E-state index contributed by atoms with van der Waals surface area (Å²) in [5.74, 6) is 0.966. The first-order valence-electron chi connectivity index (χ1n) is 9.11. The molecule has 4 nitrogen and oxygen atoms in total. The molecule has 1 fully saturated rings. The molecule has 1 unspecified atom stereocenters. The Balaban J connectivity index is 1.85. The number of halogens is 1. The number of nitrogens with one attached hydrogen (secondary N) is 1. The van der Waals surface area contributed by atoms with Crippen molar-refractivity contribution in [2.45, 2.75) is 51.7 Å². The van der Waals surface area contributed by atoms with Crippen molar-refractivity contribution in [3.8, 4) is 0 Å². The summed E-state index contributed by atoms with van der Waals surface area (Å²) in [4.78, 5) is 9.28. The maximum atomic E-state index is 6.47. The molecule has 0 aromatic heterocycles. The number of fused-ring (bicyclic) bond motifs is 1. The third-order valence-corrected chi connectivity index (χ3v) is 5.79. The zero-order valence-electron chi connectivity index (χ0n) is 15.3. The molecular formula is C19H29ClN4. The van der Waals surface area contributed by atoms with Gasteiger partial charge in [-0.25, -0.2) is 4.99 Å². The summed E-state index contributed by atoms with van der Waals surface area (Å²) >= 11 is 6.47. The summed E-state index contributed by atoms with van der Waals surface area (Å²) in [6, 6.07) is 5.02. The molecule has 24 heavy (non-hydrogen) atoms. The first-order valence-corrected chi connectivity index (χ1v) is 9.54. The van der Waals surface area contributed by atoms with Crippen molar-refractivity contribution in [3.63, 3.8) is 0 Å². The molecule has 132 valence electrons. The van der Waals surface area contributed by atoms with E-state index in [2.05, 4.69) is 43.1 Å². The van der Waals surface area contributed by atoms with E-state index in [0.29, 0.717) is 6.04 Å². The van der Waals surface area contributed by atoms with E-state index >= 15 is 0 Å². The SMILES string of the molecule is CCc1cc2c(cc1C)N(C)C(Cl)N=C2NC1CCN(CC)CC1. The second kappa shape index (κ2) is 7.32. The van der Waals surface area contributed by atoms with Gasteiger partial charge in [0.15, 0.2) is 5.62 Å². The van der Waals surface area contributed by atoms with Crippen molar-refractivity contribution in [2.75, 3.05) is 31.6 Å². The van der Waals surface area contributed by atoms with Gasteiger partial charge in [0, 0.05) is 31.7 Å². The number of alkyl halides is 1. The molecule has 0 radical (unpaired) electrons. The lowest BCUT2D eigenvalue weighted by Gasteiger charge is -2.36. The molecule has 1 N–H and O–H groups in total. The van der Waals surface area contributed by atoms with Gasteiger partial charge in [-0.3, -0.25) is 0 Å². The van der Waals surface area contributed by atoms with Gasteiger partial charge in [-0.05, 0) is 56.0 Å². The fourth-order valence-electron chi connectivity index (χ4n) is 3.68. The van der Waals surface area contributed by atoms with Gasteiger partial charge in [-0.15, -0.1) is 0 Å². The van der Waals surface area contributed by atoms with Gasteiger partial charge in [0.2, 0.25) is 0 Å². The minimum atomic E-state index is -0.345. The molecule has 0 saturated carbocycles. The van der Waals surface area contributed by atoms with Crippen molar-refractivity contribution in [1.82, 2.24) is 10.2 Å². The van der Waals surface area contributed by atoms with E-state index in [9.17, 15) is 0 Å². The number of aryl methyl sites for hydroxylation is 2. The summed E-state index contributed by atoms with van der Waals surface area (Å²) in [6.07, 6.45) is 3.37. The van der Waals surface area contributed by atoms with Crippen LogP contribution in [-0.2, 0) is 6.42 Å². The van der Waals surface area contributed by atoms with Gasteiger partial charge in [-0.1, -0.05) is 25.4 Å². The lowest BCUT2D eigenvalue weighted by molar-refractivity contribution is 0.216. The molecule has 1 saturated heterocycles. The molecule has 0 bridgehead atoms. The number of likely N-dealkylation sites (tertiary alicyclic amines) is 1. The average molecular weight is 349 g/mol. The van der Waals surface area contributed by atoms with Crippen molar-refractivity contribution >= 4 is 23.1 Å². The van der Waals surface area contributed by atoms with Crippen LogP contribution < -0.4 is 10.2 Å². The number of amidine groups is 1. The monoisotopic (exact) mass is 348 g/mol. The lowest BCUT2D eigenvalue weighted by Crippen LogP contribution is -2.47. The van der Waals surface area contributed by atoms with E-state index in [1.165, 1.54) is 22.4 Å². The van der Waals surface area contributed by atoms with Gasteiger partial charge < -0.3 is 15.1 Å². The van der Waals surface area contributed by atoms with Crippen LogP contribution in [-0.4, -0.2) is 49.1 Å². The number of nitrogens with zero attached hydrogens (tertiary/aromatic N) is 3. The van der Waals surface area contributed by atoms with Gasteiger partial charge in [0.1, 0.15) is 5.84 Å². The highest BCUT2D eigenvalue weighted by molar-refractivity contribution is 6.24. The first-order chi connectivity index (χ1) is 11.5. The summed E-state index contributed by atoms with van der Waals surface area (Å²) < 4.78 is 0. The second-order valence-corrected chi connectivity index (χ2v) is 7.29. The van der Waals surface area contributed by atoms with Crippen LogP contribution in [0.15, 0.2) is 17.1 Å². The molecule has 2 aliphatic heterocycles. The minimum Gasteiger partial charge on any atom is -0.367 e. The van der Waals surface area contributed by atoms with Crippen LogP contribution in [0.3, 0.4) is 0 Å². The van der Waals surface area contributed by atoms with Gasteiger partial charge in [0.05, 0.1) is 5.69 Å². The number of benzene rings is 1. The van der Waals surface area contributed by atoms with E-state index in [4.69, 9.17) is 16.6 Å². The van der Waals surface area contributed by atoms with Crippen molar-refractivity contribution in [1.29, 1.82) is 0 Å². The smallest absolute Gasteiger partial charge is 0.199 e. The summed E-state index contributed by atoms with van der Waals surface area (Å²) in [6.45, 7) is 10.1. The quantitative estimate of drug-likeness (QED) is 0.671. The summed E-state index contributed by atoms with van der Waals surface area (Å²) in [5, 5.41) is 3.69. The minimum absolute atomic E-state index is 0.345. The van der Waals surface area contributed by atoms with Crippen LogP contribution in [0.1, 0.15) is 43.4 Å². The highest BCUT2D eigenvalue weighted by Gasteiger charge is 2.27. The Morgan fingerprint density at radius 3 is 2.58 bits per heavy atom. The topological polar surface area (TPSA) is 30.9 Å². The molecule has 2 aliphatic rings. The van der Waals surface area contributed by atoms with Crippen LogP contribution in [0, 0.1) is 6.92 Å². The van der Waals surface area contributed by atoms with Gasteiger partial charge in [-0.2, -0.15) is 0 Å². The molecule has 3 rings (SSSR count). The Bertz CT molecular complexity index is 620. The molecule has 1 atom stereocenters. The number of anilines is 1. The average Bonchev–Trinajstić information content (AvgIpc) is 2.59. The van der Waals surface area contributed by atoms with Crippen LogP contribution in [0.5, 0.6) is 0 Å². The molecule has 5 heteroatoms. The van der Waals surface area contributed by atoms with Crippen LogP contribution in [0.25, 0.3) is 0 Å². The molecule has 1 aromatic carbocycles. The molecule has 1 aromatic rings. The predicted octanol–water partition coefficient (Wildman–Crippen LogP) is 3.35. The van der Waals surface area contributed by atoms with E-state index < -0.39 is 0 Å². The maximum Gasteiger partial charge on any atom is 0.199 e. The standard InChI is InChI=1S/C19H29ClN4/c1-5-14-12-16-17(11-13(14)3)23(4)19(20)22-18(16)21-15-7-9-24(6-2)10-8-15/h11-12,15,19H,5-10H2,1-4H3,(H,21,22). The molecular weight excluding hydrogens is 320 g/mol. The van der Waals surface area contributed by atoms with E-state index in [0.717, 1.165) is 44.7 Å². The van der Waals surface area contributed by atoms with E-state index in [-0.39, 0.29) is 5.62 Å². The zero-order chi connectivity index (χ0) is 17.3. The van der Waals surface area contributed by atoms with E-state index in [1.54, 1.807) is 0 Å². The number of rotatable bonds is 3. The number of hydrogen-bond donors (Lipinski definition) is 1. The maximum absolute atomic E-state index is 6.47. The molecule has 2 heterocycles. The molecule has 0 aliphatic carbocycles. The Morgan fingerprint density at radius 1 is 1.25 bits per heavy atom. The number of aliphatic imine (C=N–C) groups is 1. The summed E-state index contributed by atoms with van der Waals surface area (Å²) in [5.41, 5.74) is 4.72. The Morgan fingerprint density at radius 2 is 1.96 bits per heavy atom. The summed E-state index contributed by atoms with van der Waals surface area (Å²) in [7, 11) is 2.02. The Labute approximate surface area is 150 Å². The van der Waals surface area contributed by atoms with Crippen molar-refractivity contribution in [3.05, 3.63) is 28.8 Å². The van der Waals surface area contributed by atoms with Gasteiger partial charge in [0.25, 0.3) is 0 Å². The highest BCUT2D eigenvalue weighted by Crippen LogP contribution is 2.31. The highest BCUT2D eigenvalue weighted by atomic mass is 35.5. The second-order valence-electron chi connectivity index (χ2n) is 6.90. The predicted molar refractivity (Wildman–Crippen MR) is 103 cm³/mol. The normalized spacial score (nSPS) is 22.3. The Hall–Kier alpha value is -1.26. The fourth-order valence-corrected chi connectivity index (χ4v) is 3.88. The largest absolute Gasteiger partial charge is 0.367 e. The van der Waals surface area contributed by atoms with Crippen molar-refractivity contribution in [2.24, 2.45) is 4.99 Å². The fraction of sp³-hybridized carbons (Fsp3) is 0.632. The third kappa shape index (κ3) is 3.40. The third-order valence-electron chi connectivity index (χ3n) is 5.40. The first kappa shape index (κ1) is 17.6. The van der Waals surface area contributed by atoms with Gasteiger partial charge >= 0.3 is 0 Å². The number of piperidine rings is 1. The van der Waals surface area contributed by atoms with E-state index in [1.807, 2.05) is 11.9 Å². The Kier molecular flexibility index (Phi) is 5.36. The molecule has 0 spiro atoms. The van der Waals surface area contributed by atoms with Crippen LogP contribution in [0.4, 0.5) is 5.69 Å². The molecule has 0 amide bonds. The number of hydrogen-bond acceptors (Lipinski definition) is 4.